The van der Waals surface area contributed by atoms with Crippen LogP contribution in [0.15, 0.2) is 0 Å². The lowest BCUT2D eigenvalue weighted by atomic mass is 9.77. The molecule has 0 aliphatic carbocycles. The van der Waals surface area contributed by atoms with Crippen molar-refractivity contribution >= 4 is 11.7 Å². The van der Waals surface area contributed by atoms with Gasteiger partial charge in [-0.05, 0) is 31.1 Å². The number of Topliss-reactive ketones (excluding diaryl/α,β-unsaturated/α-hetero) is 1. The van der Waals surface area contributed by atoms with E-state index in [0.29, 0.717) is 25.3 Å². The molecule has 0 bridgehead atoms. The molecule has 98 valence electrons. The summed E-state index contributed by atoms with van der Waals surface area (Å²) >= 11 is 0. The van der Waals surface area contributed by atoms with Gasteiger partial charge in [0.25, 0.3) is 0 Å². The molecule has 1 aliphatic heterocycles. The summed E-state index contributed by atoms with van der Waals surface area (Å²) in [6, 6.07) is 0. The van der Waals surface area contributed by atoms with Crippen molar-refractivity contribution in [1.29, 1.82) is 0 Å². The van der Waals surface area contributed by atoms with Gasteiger partial charge < -0.3 is 4.90 Å². The van der Waals surface area contributed by atoms with Gasteiger partial charge in [0.15, 0.2) is 0 Å². The lowest BCUT2D eigenvalue weighted by Gasteiger charge is -2.29. The van der Waals surface area contributed by atoms with Crippen molar-refractivity contribution in [1.82, 2.24) is 4.90 Å². The summed E-state index contributed by atoms with van der Waals surface area (Å²) in [5, 5.41) is 0. The molecule has 0 spiro atoms. The average Bonchev–Trinajstić information content (AvgIpc) is 2.36. The Bertz CT molecular complexity index is 291. The van der Waals surface area contributed by atoms with E-state index >= 15 is 0 Å². The zero-order valence-electron chi connectivity index (χ0n) is 11.6. The fraction of sp³-hybridized carbons (Fsp3) is 0.857. The molecule has 3 nitrogen and oxygen atoms in total. The van der Waals surface area contributed by atoms with Crippen LogP contribution < -0.4 is 0 Å². The summed E-state index contributed by atoms with van der Waals surface area (Å²) in [7, 11) is 0. The number of nitrogens with zero attached hydrogens (tertiary/aromatic N) is 1. The maximum absolute atomic E-state index is 11.9. The van der Waals surface area contributed by atoms with Gasteiger partial charge in [-0.1, -0.05) is 20.8 Å². The first-order chi connectivity index (χ1) is 7.80. The van der Waals surface area contributed by atoms with E-state index in [-0.39, 0.29) is 17.1 Å². The Morgan fingerprint density at radius 2 is 2.00 bits per heavy atom. The van der Waals surface area contributed by atoms with Gasteiger partial charge in [0.05, 0.1) is 0 Å². The number of rotatable bonds is 3. The first-order valence-electron chi connectivity index (χ1n) is 6.58. The molecule has 1 atom stereocenters. The standard InChI is InChI=1S/C14H25NO2/c1-11(16)7-9-15-10-8-12(14(2,3)4)5-6-13(15)17/h12H,5-10H2,1-4H3. The van der Waals surface area contributed by atoms with Crippen molar-refractivity contribution < 1.29 is 9.59 Å². The highest BCUT2D eigenvalue weighted by molar-refractivity contribution is 5.79. The van der Waals surface area contributed by atoms with E-state index in [0.717, 1.165) is 19.4 Å². The van der Waals surface area contributed by atoms with Gasteiger partial charge in [-0.15, -0.1) is 0 Å². The molecule has 0 N–H and O–H groups in total. The third kappa shape index (κ3) is 4.49. The van der Waals surface area contributed by atoms with Gasteiger partial charge in [-0.25, -0.2) is 0 Å². The van der Waals surface area contributed by atoms with E-state index in [4.69, 9.17) is 0 Å². The lowest BCUT2D eigenvalue weighted by Crippen LogP contribution is -2.32. The Hall–Kier alpha value is -0.860. The van der Waals surface area contributed by atoms with Crippen LogP contribution in [-0.2, 0) is 9.59 Å². The van der Waals surface area contributed by atoms with E-state index in [1.165, 1.54) is 0 Å². The number of amides is 1. The van der Waals surface area contributed by atoms with E-state index in [1.54, 1.807) is 6.92 Å². The van der Waals surface area contributed by atoms with Crippen LogP contribution >= 0.6 is 0 Å². The van der Waals surface area contributed by atoms with Crippen molar-refractivity contribution in [2.45, 2.75) is 53.4 Å². The molecule has 1 rings (SSSR count). The summed E-state index contributed by atoms with van der Waals surface area (Å²) in [5.41, 5.74) is 0.275. The van der Waals surface area contributed by atoms with Crippen LogP contribution in [0.25, 0.3) is 0 Å². The van der Waals surface area contributed by atoms with Crippen molar-refractivity contribution in [3.8, 4) is 0 Å². The maximum atomic E-state index is 11.9. The summed E-state index contributed by atoms with van der Waals surface area (Å²) in [5.74, 6) is 0.987. The molecule has 0 aromatic rings. The molecule has 0 aromatic carbocycles. The second-order valence-electron chi connectivity index (χ2n) is 6.22. The van der Waals surface area contributed by atoms with Gasteiger partial charge in [0.1, 0.15) is 5.78 Å². The summed E-state index contributed by atoms with van der Waals surface area (Å²) in [6.45, 7) is 9.73. The molecule has 0 saturated carbocycles. The topological polar surface area (TPSA) is 37.4 Å². The third-order valence-electron chi connectivity index (χ3n) is 3.77. The molecule has 3 heteroatoms. The molecular weight excluding hydrogens is 214 g/mol. The van der Waals surface area contributed by atoms with Crippen LogP contribution in [-0.4, -0.2) is 29.7 Å². The molecular formula is C14H25NO2. The van der Waals surface area contributed by atoms with E-state index in [9.17, 15) is 9.59 Å². The highest BCUT2D eigenvalue weighted by Gasteiger charge is 2.29. The zero-order chi connectivity index (χ0) is 13.1. The minimum absolute atomic E-state index is 0.161. The van der Waals surface area contributed by atoms with E-state index < -0.39 is 0 Å². The number of carbonyl (C=O) groups excluding carboxylic acids is 2. The van der Waals surface area contributed by atoms with Crippen LogP contribution in [0.1, 0.15) is 53.4 Å². The molecule has 0 radical (unpaired) electrons. The van der Waals surface area contributed by atoms with Crippen LogP contribution in [0.5, 0.6) is 0 Å². The number of carbonyl (C=O) groups is 2. The van der Waals surface area contributed by atoms with Gasteiger partial charge in [-0.2, -0.15) is 0 Å². The average molecular weight is 239 g/mol. The normalized spacial score (nSPS) is 22.5. The first kappa shape index (κ1) is 14.2. The highest BCUT2D eigenvalue weighted by Crippen LogP contribution is 2.34. The summed E-state index contributed by atoms with van der Waals surface area (Å²) in [6.07, 6.45) is 3.18. The molecule has 17 heavy (non-hydrogen) atoms. The number of likely N-dealkylation sites (tertiary alicyclic amines) is 1. The molecule has 1 amide bonds. The van der Waals surface area contributed by atoms with Gasteiger partial charge in [-0.3, -0.25) is 9.59 Å². The zero-order valence-corrected chi connectivity index (χ0v) is 11.6. The van der Waals surface area contributed by atoms with Gasteiger partial charge >= 0.3 is 0 Å². The lowest BCUT2D eigenvalue weighted by molar-refractivity contribution is -0.131. The predicted octanol–water partition coefficient (Wildman–Crippen LogP) is 2.64. The van der Waals surface area contributed by atoms with Gasteiger partial charge in [0, 0.05) is 25.9 Å². The Labute approximate surface area is 105 Å². The van der Waals surface area contributed by atoms with Gasteiger partial charge in [0.2, 0.25) is 5.91 Å². The summed E-state index contributed by atoms with van der Waals surface area (Å²) < 4.78 is 0. The molecule has 1 fully saturated rings. The third-order valence-corrected chi connectivity index (χ3v) is 3.77. The maximum Gasteiger partial charge on any atom is 0.222 e. The largest absolute Gasteiger partial charge is 0.342 e. The molecule has 1 unspecified atom stereocenters. The first-order valence-corrected chi connectivity index (χ1v) is 6.58. The second-order valence-corrected chi connectivity index (χ2v) is 6.22. The Balaban J connectivity index is 2.55. The van der Waals surface area contributed by atoms with Crippen LogP contribution in [0, 0.1) is 11.3 Å². The van der Waals surface area contributed by atoms with Crippen LogP contribution in [0.4, 0.5) is 0 Å². The molecule has 1 saturated heterocycles. The monoisotopic (exact) mass is 239 g/mol. The minimum Gasteiger partial charge on any atom is -0.342 e. The van der Waals surface area contributed by atoms with Crippen molar-refractivity contribution in [2.75, 3.05) is 13.1 Å². The fourth-order valence-corrected chi connectivity index (χ4v) is 2.43. The Kier molecular flexibility index (Phi) is 4.72. The Morgan fingerprint density at radius 3 is 2.53 bits per heavy atom. The number of hydrogen-bond acceptors (Lipinski definition) is 2. The van der Waals surface area contributed by atoms with Crippen LogP contribution in [0.3, 0.4) is 0 Å². The highest BCUT2D eigenvalue weighted by atomic mass is 16.2. The van der Waals surface area contributed by atoms with E-state index in [1.807, 2.05) is 4.90 Å². The Morgan fingerprint density at radius 1 is 1.35 bits per heavy atom. The van der Waals surface area contributed by atoms with E-state index in [2.05, 4.69) is 20.8 Å². The van der Waals surface area contributed by atoms with Crippen molar-refractivity contribution in [2.24, 2.45) is 11.3 Å². The predicted molar refractivity (Wildman–Crippen MR) is 68.7 cm³/mol. The van der Waals surface area contributed by atoms with Crippen LogP contribution in [0.2, 0.25) is 0 Å². The molecule has 0 aromatic heterocycles. The van der Waals surface area contributed by atoms with Crippen molar-refractivity contribution in [3.05, 3.63) is 0 Å². The molecule has 1 aliphatic rings. The SMILES string of the molecule is CC(=O)CCN1CCC(C(C)(C)C)CCC1=O. The minimum atomic E-state index is 0.161. The molecule has 1 heterocycles. The fourth-order valence-electron chi connectivity index (χ4n) is 2.43. The quantitative estimate of drug-likeness (QED) is 0.759. The van der Waals surface area contributed by atoms with Crippen molar-refractivity contribution in [3.63, 3.8) is 0 Å². The number of ketones is 1. The smallest absolute Gasteiger partial charge is 0.222 e. The number of hydrogen-bond donors (Lipinski definition) is 0. The second kappa shape index (κ2) is 5.65. The summed E-state index contributed by atoms with van der Waals surface area (Å²) in [4.78, 5) is 24.7.